The van der Waals surface area contributed by atoms with Crippen molar-refractivity contribution in [1.29, 1.82) is 0 Å². The summed E-state index contributed by atoms with van der Waals surface area (Å²) in [5.41, 5.74) is 5.65. The van der Waals surface area contributed by atoms with Crippen molar-refractivity contribution in [1.82, 2.24) is 9.44 Å². The first-order chi connectivity index (χ1) is 9.34. The van der Waals surface area contributed by atoms with Crippen LogP contribution in [0.25, 0.3) is 0 Å². The van der Waals surface area contributed by atoms with Crippen LogP contribution in [0.1, 0.15) is 46.0 Å². The van der Waals surface area contributed by atoms with Gasteiger partial charge in [-0.15, -0.1) is 0 Å². The van der Waals surface area contributed by atoms with E-state index in [4.69, 9.17) is 10.5 Å². The van der Waals surface area contributed by atoms with E-state index < -0.39 is 16.3 Å². The third-order valence-electron chi connectivity index (χ3n) is 3.34. The lowest BCUT2D eigenvalue weighted by Crippen LogP contribution is -2.51. The van der Waals surface area contributed by atoms with Crippen LogP contribution in [0.15, 0.2) is 0 Å². The van der Waals surface area contributed by atoms with Crippen LogP contribution in [0.3, 0.4) is 0 Å². The first kappa shape index (κ1) is 17.2. The molecule has 0 spiro atoms. The van der Waals surface area contributed by atoms with Gasteiger partial charge in [-0.1, -0.05) is 19.3 Å². The van der Waals surface area contributed by atoms with Crippen molar-refractivity contribution in [2.75, 3.05) is 6.54 Å². The monoisotopic (exact) mass is 307 g/mol. The van der Waals surface area contributed by atoms with E-state index in [0.717, 1.165) is 25.7 Å². The summed E-state index contributed by atoms with van der Waals surface area (Å²) in [7, 11) is -3.94. The lowest BCUT2D eigenvalue weighted by atomic mass is 9.84. The maximum Gasteiger partial charge on any atom is 0.422 e. The van der Waals surface area contributed by atoms with E-state index in [1.807, 2.05) is 4.72 Å². The van der Waals surface area contributed by atoms with Crippen LogP contribution in [0, 0.1) is 5.92 Å². The summed E-state index contributed by atoms with van der Waals surface area (Å²) in [6.45, 7) is 3.50. The van der Waals surface area contributed by atoms with Crippen molar-refractivity contribution in [3.63, 3.8) is 0 Å². The molecule has 0 aliphatic heterocycles. The zero-order valence-corrected chi connectivity index (χ0v) is 12.9. The van der Waals surface area contributed by atoms with E-state index in [1.54, 1.807) is 13.8 Å². The number of nitrogens with two attached hydrogens (primary N) is 1. The molecule has 8 heteroatoms. The molecule has 0 aromatic rings. The maximum absolute atomic E-state index is 11.9. The second-order valence-electron chi connectivity index (χ2n) is 5.42. The molecule has 0 radical (unpaired) electrons. The van der Waals surface area contributed by atoms with Gasteiger partial charge in [-0.05, 0) is 32.6 Å². The summed E-state index contributed by atoms with van der Waals surface area (Å²) >= 11 is 0. The Hall–Kier alpha value is -0.860. The van der Waals surface area contributed by atoms with Gasteiger partial charge in [0.25, 0.3) is 0 Å². The van der Waals surface area contributed by atoms with E-state index in [0.29, 0.717) is 0 Å². The Kier molecular flexibility index (Phi) is 6.70. The van der Waals surface area contributed by atoms with Crippen molar-refractivity contribution >= 4 is 16.3 Å². The van der Waals surface area contributed by atoms with Gasteiger partial charge >= 0.3 is 16.3 Å². The number of nitrogens with one attached hydrogen (secondary N) is 2. The highest BCUT2D eigenvalue weighted by Crippen LogP contribution is 2.26. The van der Waals surface area contributed by atoms with Gasteiger partial charge in [0.1, 0.15) is 0 Å². The van der Waals surface area contributed by atoms with E-state index in [-0.39, 0.29) is 24.6 Å². The van der Waals surface area contributed by atoms with Crippen LogP contribution in [-0.4, -0.2) is 33.2 Å². The van der Waals surface area contributed by atoms with Crippen molar-refractivity contribution in [3.8, 4) is 0 Å². The van der Waals surface area contributed by atoms with Gasteiger partial charge in [-0.3, -0.25) is 0 Å². The lowest BCUT2D eigenvalue weighted by Gasteiger charge is -2.29. The van der Waals surface area contributed by atoms with E-state index in [9.17, 15) is 13.2 Å². The van der Waals surface area contributed by atoms with Crippen LogP contribution in [0.2, 0.25) is 0 Å². The highest BCUT2D eigenvalue weighted by Gasteiger charge is 2.27. The first-order valence-corrected chi connectivity index (χ1v) is 8.53. The summed E-state index contributed by atoms with van der Waals surface area (Å²) in [5, 5.41) is 0. The van der Waals surface area contributed by atoms with Gasteiger partial charge < -0.3 is 10.5 Å². The Morgan fingerprint density at radius 3 is 2.40 bits per heavy atom. The SMILES string of the molecule is CC(C)OC(=O)NS(=O)(=O)NC(CN)C1CCCCC1. The third kappa shape index (κ3) is 6.06. The molecular weight excluding hydrogens is 282 g/mol. The Balaban J connectivity index is 2.55. The Labute approximate surface area is 120 Å². The molecular formula is C12H25N3O4S. The second kappa shape index (κ2) is 7.80. The number of rotatable bonds is 6. The molecule has 1 amide bonds. The largest absolute Gasteiger partial charge is 0.446 e. The average Bonchev–Trinajstić information content (AvgIpc) is 2.35. The summed E-state index contributed by atoms with van der Waals surface area (Å²) in [4.78, 5) is 11.3. The van der Waals surface area contributed by atoms with Crippen molar-refractivity contribution < 1.29 is 17.9 Å². The minimum absolute atomic E-state index is 0.213. The molecule has 0 bridgehead atoms. The highest BCUT2D eigenvalue weighted by molar-refractivity contribution is 7.88. The number of hydrogen-bond acceptors (Lipinski definition) is 5. The smallest absolute Gasteiger partial charge is 0.422 e. The molecule has 4 N–H and O–H groups in total. The molecule has 7 nitrogen and oxygen atoms in total. The molecule has 0 aromatic carbocycles. The normalized spacial score (nSPS) is 18.8. The molecule has 1 saturated carbocycles. The Morgan fingerprint density at radius 2 is 1.90 bits per heavy atom. The number of carbonyl (C=O) groups is 1. The zero-order chi connectivity index (χ0) is 15.2. The molecule has 20 heavy (non-hydrogen) atoms. The molecule has 0 aromatic heterocycles. The predicted molar refractivity (Wildman–Crippen MR) is 76.2 cm³/mol. The molecule has 1 fully saturated rings. The fourth-order valence-electron chi connectivity index (χ4n) is 2.45. The van der Waals surface area contributed by atoms with Crippen molar-refractivity contribution in [2.45, 2.75) is 58.1 Å². The standard InChI is InChI=1S/C12H25N3O4S/c1-9(2)19-12(16)15-20(17,18)14-11(8-13)10-6-4-3-5-7-10/h9-11,14H,3-8,13H2,1-2H3,(H,15,16). The minimum Gasteiger partial charge on any atom is -0.446 e. The van der Waals surface area contributed by atoms with Gasteiger partial charge in [0, 0.05) is 12.6 Å². The minimum atomic E-state index is -3.94. The quantitative estimate of drug-likeness (QED) is 0.674. The number of ether oxygens (including phenoxy) is 1. The summed E-state index contributed by atoms with van der Waals surface area (Å²) in [6, 6.07) is -0.348. The van der Waals surface area contributed by atoms with Gasteiger partial charge in [0.2, 0.25) is 0 Å². The number of amides is 1. The van der Waals surface area contributed by atoms with Crippen LogP contribution >= 0.6 is 0 Å². The van der Waals surface area contributed by atoms with Crippen molar-refractivity contribution in [2.24, 2.45) is 11.7 Å². The summed E-state index contributed by atoms with van der Waals surface area (Å²) in [5.74, 6) is 0.228. The first-order valence-electron chi connectivity index (χ1n) is 7.05. The Bertz CT molecular complexity index is 405. The summed E-state index contributed by atoms with van der Waals surface area (Å²) in [6.07, 6.45) is 3.92. The zero-order valence-electron chi connectivity index (χ0n) is 12.1. The maximum atomic E-state index is 11.9. The number of carbonyl (C=O) groups excluding carboxylic acids is 1. The molecule has 0 saturated heterocycles. The van der Waals surface area contributed by atoms with E-state index in [1.165, 1.54) is 6.42 Å². The van der Waals surface area contributed by atoms with Crippen molar-refractivity contribution in [3.05, 3.63) is 0 Å². The van der Waals surface area contributed by atoms with E-state index >= 15 is 0 Å². The van der Waals surface area contributed by atoms with Crippen LogP contribution in [0.4, 0.5) is 4.79 Å². The van der Waals surface area contributed by atoms with Crippen LogP contribution in [-0.2, 0) is 14.9 Å². The van der Waals surface area contributed by atoms with Gasteiger partial charge in [0.05, 0.1) is 6.10 Å². The molecule has 1 aliphatic carbocycles. The fourth-order valence-corrected chi connectivity index (χ4v) is 3.46. The van der Waals surface area contributed by atoms with Gasteiger partial charge in [0.15, 0.2) is 0 Å². The van der Waals surface area contributed by atoms with Gasteiger partial charge in [-0.2, -0.15) is 13.1 Å². The molecule has 1 unspecified atom stereocenters. The summed E-state index contributed by atoms with van der Waals surface area (Å²) < 4.78 is 32.7. The Morgan fingerprint density at radius 1 is 1.30 bits per heavy atom. The van der Waals surface area contributed by atoms with E-state index in [2.05, 4.69) is 4.72 Å². The highest BCUT2D eigenvalue weighted by atomic mass is 32.2. The molecule has 1 aliphatic rings. The lowest BCUT2D eigenvalue weighted by molar-refractivity contribution is 0.121. The fraction of sp³-hybridized carbons (Fsp3) is 0.917. The predicted octanol–water partition coefficient (Wildman–Crippen LogP) is 0.863. The van der Waals surface area contributed by atoms with Gasteiger partial charge in [-0.25, -0.2) is 9.52 Å². The third-order valence-corrected chi connectivity index (χ3v) is 4.39. The number of hydrogen-bond donors (Lipinski definition) is 3. The molecule has 0 heterocycles. The van der Waals surface area contributed by atoms with Crippen LogP contribution in [0.5, 0.6) is 0 Å². The topological polar surface area (TPSA) is 111 Å². The van der Waals surface area contributed by atoms with Crippen LogP contribution < -0.4 is 15.2 Å². The second-order valence-corrected chi connectivity index (χ2v) is 6.86. The molecule has 1 rings (SSSR count). The average molecular weight is 307 g/mol. The molecule has 1 atom stereocenters. The molecule has 118 valence electrons.